The molecule has 0 spiro atoms. The molecule has 1 atom stereocenters. The van der Waals surface area contributed by atoms with Gasteiger partial charge in [0.2, 0.25) is 5.91 Å². The molecule has 4 nitrogen and oxygen atoms in total. The zero-order valence-corrected chi connectivity index (χ0v) is 14.3. The third-order valence-electron chi connectivity index (χ3n) is 3.55. The van der Waals surface area contributed by atoms with Crippen LogP contribution in [-0.4, -0.2) is 37.6 Å². The van der Waals surface area contributed by atoms with Crippen molar-refractivity contribution in [3.05, 3.63) is 60.2 Å². The second-order valence-corrected chi connectivity index (χ2v) is 5.28. The molecule has 1 amide bonds. The van der Waals surface area contributed by atoms with Crippen molar-refractivity contribution in [3.8, 4) is 11.1 Å². The molecule has 0 aliphatic rings. The SMILES string of the molecule is COCC(N)C(=O)N(C)Cc1ccccc1-c1ccccc1.Cl. The van der Waals surface area contributed by atoms with E-state index in [9.17, 15) is 4.79 Å². The molecule has 0 saturated heterocycles. The highest BCUT2D eigenvalue weighted by molar-refractivity contribution is 5.85. The van der Waals surface area contributed by atoms with E-state index in [1.807, 2.05) is 36.4 Å². The molecule has 0 aromatic heterocycles. The second kappa shape index (κ2) is 9.30. The smallest absolute Gasteiger partial charge is 0.241 e. The van der Waals surface area contributed by atoms with Crippen LogP contribution in [0.2, 0.25) is 0 Å². The fraction of sp³-hybridized carbons (Fsp3) is 0.278. The minimum Gasteiger partial charge on any atom is -0.383 e. The Labute approximate surface area is 143 Å². The monoisotopic (exact) mass is 334 g/mol. The number of carbonyl (C=O) groups excluding carboxylic acids is 1. The predicted molar refractivity (Wildman–Crippen MR) is 95.5 cm³/mol. The Kier molecular flexibility index (Phi) is 7.75. The van der Waals surface area contributed by atoms with Gasteiger partial charge in [-0.25, -0.2) is 0 Å². The summed E-state index contributed by atoms with van der Waals surface area (Å²) in [4.78, 5) is 13.9. The van der Waals surface area contributed by atoms with Gasteiger partial charge in [0.25, 0.3) is 0 Å². The first-order valence-electron chi connectivity index (χ1n) is 7.26. The number of rotatable bonds is 6. The van der Waals surface area contributed by atoms with E-state index in [1.54, 1.807) is 11.9 Å². The van der Waals surface area contributed by atoms with Gasteiger partial charge in [-0.1, -0.05) is 54.6 Å². The summed E-state index contributed by atoms with van der Waals surface area (Å²) in [7, 11) is 3.30. The van der Waals surface area contributed by atoms with Gasteiger partial charge in [0, 0.05) is 20.7 Å². The standard InChI is InChI=1S/C18H22N2O2.ClH/c1-20(18(21)17(19)13-22-2)12-15-10-6-7-11-16(15)14-8-4-3-5-9-14;/h3-11,17H,12-13,19H2,1-2H3;1H. The number of ether oxygens (including phenoxy) is 1. The number of hydrogen-bond donors (Lipinski definition) is 1. The molecule has 124 valence electrons. The normalized spacial score (nSPS) is 11.4. The second-order valence-electron chi connectivity index (χ2n) is 5.28. The Balaban J connectivity index is 0.00000264. The molecule has 2 aromatic carbocycles. The molecule has 2 N–H and O–H groups in total. The minimum atomic E-state index is -0.626. The van der Waals surface area contributed by atoms with Crippen molar-refractivity contribution < 1.29 is 9.53 Å². The van der Waals surface area contributed by atoms with E-state index in [4.69, 9.17) is 10.5 Å². The Morgan fingerprint density at radius 1 is 1.13 bits per heavy atom. The maximum atomic E-state index is 12.2. The van der Waals surface area contributed by atoms with Gasteiger partial charge in [-0.3, -0.25) is 4.79 Å². The summed E-state index contributed by atoms with van der Waals surface area (Å²) in [6.45, 7) is 0.741. The van der Waals surface area contributed by atoms with Crippen LogP contribution in [0.15, 0.2) is 54.6 Å². The summed E-state index contributed by atoms with van der Waals surface area (Å²) >= 11 is 0. The van der Waals surface area contributed by atoms with Crippen molar-refractivity contribution >= 4 is 18.3 Å². The molecule has 5 heteroatoms. The molecule has 2 rings (SSSR count). The fourth-order valence-electron chi connectivity index (χ4n) is 2.42. The van der Waals surface area contributed by atoms with Crippen molar-refractivity contribution in [2.45, 2.75) is 12.6 Å². The van der Waals surface area contributed by atoms with Gasteiger partial charge in [0.1, 0.15) is 6.04 Å². The largest absolute Gasteiger partial charge is 0.383 e. The number of nitrogens with zero attached hydrogens (tertiary/aromatic N) is 1. The van der Waals surface area contributed by atoms with Crippen LogP contribution in [0.5, 0.6) is 0 Å². The molecule has 1 unspecified atom stereocenters. The molecule has 0 bridgehead atoms. The van der Waals surface area contributed by atoms with Gasteiger partial charge in [-0.15, -0.1) is 12.4 Å². The summed E-state index contributed by atoms with van der Waals surface area (Å²) in [5.74, 6) is -0.121. The first-order valence-corrected chi connectivity index (χ1v) is 7.26. The predicted octanol–water partition coefficient (Wildman–Crippen LogP) is 2.71. The molecule has 0 fully saturated rings. The fourth-order valence-corrected chi connectivity index (χ4v) is 2.42. The number of likely N-dealkylation sites (N-methyl/N-ethyl adjacent to an activating group) is 1. The quantitative estimate of drug-likeness (QED) is 0.883. The number of halogens is 1. The van der Waals surface area contributed by atoms with Crippen LogP contribution in [0, 0.1) is 0 Å². The average molecular weight is 335 g/mol. The van der Waals surface area contributed by atoms with E-state index in [2.05, 4.69) is 18.2 Å². The maximum absolute atomic E-state index is 12.2. The minimum absolute atomic E-state index is 0. The van der Waals surface area contributed by atoms with Crippen LogP contribution >= 0.6 is 12.4 Å². The highest BCUT2D eigenvalue weighted by atomic mass is 35.5. The van der Waals surface area contributed by atoms with Crippen LogP contribution < -0.4 is 5.73 Å². The lowest BCUT2D eigenvalue weighted by atomic mass is 9.99. The Morgan fingerprint density at radius 3 is 2.39 bits per heavy atom. The first-order chi connectivity index (χ1) is 10.6. The van der Waals surface area contributed by atoms with E-state index < -0.39 is 6.04 Å². The van der Waals surface area contributed by atoms with Crippen LogP contribution in [0.1, 0.15) is 5.56 Å². The Hall–Kier alpha value is -1.88. The molecule has 0 aliphatic carbocycles. The topological polar surface area (TPSA) is 55.6 Å². The summed E-state index contributed by atoms with van der Waals surface area (Å²) in [6.07, 6.45) is 0. The molecular formula is C18H23ClN2O2. The lowest BCUT2D eigenvalue weighted by Gasteiger charge is -2.22. The van der Waals surface area contributed by atoms with E-state index >= 15 is 0 Å². The van der Waals surface area contributed by atoms with Gasteiger partial charge >= 0.3 is 0 Å². The van der Waals surface area contributed by atoms with Gasteiger partial charge in [0.15, 0.2) is 0 Å². The first kappa shape index (κ1) is 19.2. The molecule has 0 saturated carbocycles. The van der Waals surface area contributed by atoms with Crippen molar-refractivity contribution in [1.29, 1.82) is 0 Å². The number of benzene rings is 2. The molecule has 0 radical (unpaired) electrons. The molecule has 2 aromatic rings. The molecule has 23 heavy (non-hydrogen) atoms. The lowest BCUT2D eigenvalue weighted by molar-refractivity contribution is -0.132. The van der Waals surface area contributed by atoms with E-state index in [0.29, 0.717) is 6.54 Å². The van der Waals surface area contributed by atoms with Crippen LogP contribution in [-0.2, 0) is 16.1 Å². The van der Waals surface area contributed by atoms with Crippen molar-refractivity contribution in [2.75, 3.05) is 20.8 Å². The molecule has 0 aliphatic heterocycles. The van der Waals surface area contributed by atoms with Crippen LogP contribution in [0.25, 0.3) is 11.1 Å². The number of hydrogen-bond acceptors (Lipinski definition) is 3. The summed E-state index contributed by atoms with van der Waals surface area (Å²) in [6, 6.07) is 17.6. The van der Waals surface area contributed by atoms with Gasteiger partial charge < -0.3 is 15.4 Å². The third kappa shape index (κ3) is 5.06. The average Bonchev–Trinajstić information content (AvgIpc) is 2.55. The lowest BCUT2D eigenvalue weighted by Crippen LogP contribution is -2.44. The summed E-state index contributed by atoms with van der Waals surface area (Å²) in [5, 5.41) is 0. The zero-order chi connectivity index (χ0) is 15.9. The van der Waals surface area contributed by atoms with E-state index in [-0.39, 0.29) is 24.9 Å². The highest BCUT2D eigenvalue weighted by Crippen LogP contribution is 2.24. The number of carbonyl (C=O) groups is 1. The zero-order valence-electron chi connectivity index (χ0n) is 13.4. The molecular weight excluding hydrogens is 312 g/mol. The number of nitrogens with two attached hydrogens (primary N) is 1. The van der Waals surface area contributed by atoms with Crippen molar-refractivity contribution in [1.82, 2.24) is 4.90 Å². The number of methoxy groups -OCH3 is 1. The van der Waals surface area contributed by atoms with Crippen LogP contribution in [0.3, 0.4) is 0 Å². The van der Waals surface area contributed by atoms with E-state index in [1.165, 1.54) is 7.11 Å². The summed E-state index contributed by atoms with van der Waals surface area (Å²) < 4.78 is 4.95. The molecule has 0 heterocycles. The summed E-state index contributed by atoms with van der Waals surface area (Å²) in [5.41, 5.74) is 9.17. The highest BCUT2D eigenvalue weighted by Gasteiger charge is 2.18. The van der Waals surface area contributed by atoms with Gasteiger partial charge in [-0.05, 0) is 16.7 Å². The van der Waals surface area contributed by atoms with Crippen molar-refractivity contribution in [2.24, 2.45) is 5.73 Å². The van der Waals surface area contributed by atoms with Crippen molar-refractivity contribution in [3.63, 3.8) is 0 Å². The van der Waals surface area contributed by atoms with E-state index in [0.717, 1.165) is 16.7 Å². The Bertz CT molecular complexity index is 619. The maximum Gasteiger partial charge on any atom is 0.241 e. The third-order valence-corrected chi connectivity index (χ3v) is 3.55. The number of amides is 1. The Morgan fingerprint density at radius 2 is 1.74 bits per heavy atom. The van der Waals surface area contributed by atoms with Gasteiger partial charge in [0.05, 0.1) is 6.61 Å². The van der Waals surface area contributed by atoms with Gasteiger partial charge in [-0.2, -0.15) is 0 Å². The van der Waals surface area contributed by atoms with Crippen LogP contribution in [0.4, 0.5) is 0 Å².